The van der Waals surface area contributed by atoms with E-state index in [1.165, 1.54) is 37.9 Å². The van der Waals surface area contributed by atoms with Crippen LogP contribution in [-0.2, 0) is 37.0 Å². The summed E-state index contributed by atoms with van der Waals surface area (Å²) in [5.74, 6) is 0.219. The van der Waals surface area contributed by atoms with Gasteiger partial charge in [-0.15, -0.1) is 0 Å². The van der Waals surface area contributed by atoms with Crippen LogP contribution in [0.1, 0.15) is 46.8 Å². The molecule has 1 fully saturated rings. The summed E-state index contributed by atoms with van der Waals surface area (Å²) in [5.41, 5.74) is 6.38. The average Bonchev–Trinajstić information content (AvgIpc) is 3.78. The number of carbonyl (C=O) groups excluding carboxylic acids is 1. The van der Waals surface area contributed by atoms with Crippen molar-refractivity contribution in [2.24, 2.45) is 0 Å². The number of hydrogen-bond donors (Lipinski definition) is 1. The predicted molar refractivity (Wildman–Crippen MR) is 164 cm³/mol. The number of nitrogens with zero attached hydrogens (tertiary/aromatic N) is 5. The van der Waals surface area contributed by atoms with Crippen LogP contribution in [0.15, 0.2) is 59.3 Å². The van der Waals surface area contributed by atoms with Gasteiger partial charge in [0.15, 0.2) is 0 Å². The maximum absolute atomic E-state index is 12.9. The second-order valence-electron chi connectivity index (χ2n) is 10.8. The van der Waals surface area contributed by atoms with Gasteiger partial charge in [-0.05, 0) is 68.7 Å². The minimum absolute atomic E-state index is 0.206. The number of fused-ring (bicyclic) bond motifs is 1. The summed E-state index contributed by atoms with van der Waals surface area (Å²) in [6.07, 6.45) is 9.21. The number of benzene rings is 2. The summed E-state index contributed by atoms with van der Waals surface area (Å²) in [6.45, 7) is 5.88. The fourth-order valence-corrected chi connectivity index (χ4v) is 6.76. The fraction of sp³-hybridized carbons (Fsp3) is 0.387. The Kier molecular flexibility index (Phi) is 8.85. The smallest absolute Gasteiger partial charge is 0.251 e. The molecule has 42 heavy (non-hydrogen) atoms. The zero-order valence-corrected chi connectivity index (χ0v) is 25.3. The van der Waals surface area contributed by atoms with Gasteiger partial charge in [-0.2, -0.15) is 5.10 Å². The van der Waals surface area contributed by atoms with Crippen molar-refractivity contribution in [3.63, 3.8) is 0 Å². The highest BCUT2D eigenvalue weighted by atomic mass is 35.5. The zero-order chi connectivity index (χ0) is 29.1. The third-order valence-electron chi connectivity index (χ3n) is 8.06. The number of halogens is 1. The van der Waals surface area contributed by atoms with Gasteiger partial charge < -0.3 is 14.6 Å². The van der Waals surface area contributed by atoms with E-state index >= 15 is 0 Å². The molecule has 1 unspecified atom stereocenters. The first-order valence-electron chi connectivity index (χ1n) is 14.4. The van der Waals surface area contributed by atoms with Gasteiger partial charge >= 0.3 is 0 Å². The predicted octanol–water partition coefficient (Wildman–Crippen LogP) is 4.93. The van der Waals surface area contributed by atoms with E-state index in [1.54, 1.807) is 18.5 Å². The number of hydrogen-bond acceptors (Lipinski definition) is 6. The topological polar surface area (TPSA) is 96.5 Å². The third kappa shape index (κ3) is 6.36. The van der Waals surface area contributed by atoms with Crippen LogP contribution in [0.4, 0.5) is 0 Å². The number of oxazole rings is 1. The Hall–Kier alpha value is -3.31. The molecule has 0 bridgehead atoms. The molecule has 1 saturated heterocycles. The molecule has 1 amide bonds. The van der Waals surface area contributed by atoms with Gasteiger partial charge in [0.2, 0.25) is 5.89 Å². The van der Waals surface area contributed by atoms with Crippen molar-refractivity contribution in [2.75, 3.05) is 32.4 Å². The summed E-state index contributed by atoms with van der Waals surface area (Å²) < 4.78 is 21.8. The molecule has 0 spiro atoms. The lowest BCUT2D eigenvalue weighted by Crippen LogP contribution is -2.32. The zero-order valence-electron chi connectivity index (χ0n) is 23.7. The molecule has 11 heteroatoms. The molecule has 0 saturated carbocycles. The first kappa shape index (κ1) is 28.8. The van der Waals surface area contributed by atoms with Crippen LogP contribution in [0.25, 0.3) is 22.4 Å². The summed E-state index contributed by atoms with van der Waals surface area (Å²) in [6, 6.07) is 13.3. The number of nitrogens with one attached hydrogen (secondary N) is 1. The van der Waals surface area contributed by atoms with Gasteiger partial charge in [0, 0.05) is 65.3 Å². The Labute approximate surface area is 253 Å². The van der Waals surface area contributed by atoms with E-state index < -0.39 is 11.0 Å². The van der Waals surface area contributed by atoms with E-state index in [1.807, 2.05) is 40.7 Å². The summed E-state index contributed by atoms with van der Waals surface area (Å²) >= 11 is 6.72. The van der Waals surface area contributed by atoms with Crippen LogP contribution in [0, 0.1) is 0 Å². The van der Waals surface area contributed by atoms with Gasteiger partial charge in [0.05, 0.1) is 29.4 Å². The Balaban J connectivity index is 1.28. The number of likely N-dealkylation sites (tertiary alicyclic amines) is 1. The number of aryl methyl sites for hydroxylation is 1. The molecule has 4 aromatic rings. The van der Waals surface area contributed by atoms with Crippen LogP contribution in [0.5, 0.6) is 0 Å². The van der Waals surface area contributed by atoms with Crippen molar-refractivity contribution in [1.82, 2.24) is 29.3 Å². The van der Waals surface area contributed by atoms with E-state index in [-0.39, 0.29) is 12.5 Å². The number of amides is 1. The third-order valence-corrected chi connectivity index (χ3v) is 9.43. The monoisotopic (exact) mass is 606 g/mol. The minimum Gasteiger partial charge on any atom is -0.447 e. The summed E-state index contributed by atoms with van der Waals surface area (Å²) in [7, 11) is -1.06. The van der Waals surface area contributed by atoms with E-state index in [0.29, 0.717) is 23.0 Å². The fourth-order valence-electron chi connectivity index (χ4n) is 5.87. The van der Waals surface area contributed by atoms with E-state index in [0.717, 1.165) is 60.4 Å². The van der Waals surface area contributed by atoms with E-state index in [2.05, 4.69) is 19.9 Å². The van der Waals surface area contributed by atoms with Crippen LogP contribution in [0.3, 0.4) is 0 Å². The molecule has 2 aliphatic rings. The molecule has 2 aliphatic heterocycles. The highest BCUT2D eigenvalue weighted by molar-refractivity contribution is 7.81. The van der Waals surface area contributed by atoms with Crippen molar-refractivity contribution in [3.8, 4) is 22.4 Å². The molecule has 6 rings (SSSR count). The van der Waals surface area contributed by atoms with Gasteiger partial charge in [-0.1, -0.05) is 29.8 Å². The molecule has 0 aliphatic carbocycles. The lowest BCUT2D eigenvalue weighted by atomic mass is 9.97. The number of rotatable bonds is 10. The van der Waals surface area contributed by atoms with E-state index in [4.69, 9.17) is 21.1 Å². The Morgan fingerprint density at radius 2 is 1.95 bits per heavy atom. The first-order chi connectivity index (χ1) is 20.5. The van der Waals surface area contributed by atoms with Crippen LogP contribution in [-0.4, -0.2) is 66.5 Å². The molecule has 0 radical (unpaired) electrons. The SMILES string of the molecule is CS(=O)N1CCc2c(c(-c3ccc(Cl)c(-c4cccc(C(=O)NCc5ncco5)c4)c3)nn2CCCN2CCCC2)C1. The summed E-state index contributed by atoms with van der Waals surface area (Å²) in [5, 5.41) is 8.56. The Morgan fingerprint density at radius 3 is 2.74 bits per heavy atom. The highest BCUT2D eigenvalue weighted by Gasteiger charge is 2.27. The van der Waals surface area contributed by atoms with Gasteiger partial charge in [0.1, 0.15) is 6.26 Å². The molecule has 4 heterocycles. The van der Waals surface area contributed by atoms with Crippen molar-refractivity contribution in [3.05, 3.63) is 82.7 Å². The van der Waals surface area contributed by atoms with Gasteiger partial charge in [0.25, 0.3) is 5.91 Å². The lowest BCUT2D eigenvalue weighted by Gasteiger charge is -2.25. The maximum Gasteiger partial charge on any atom is 0.251 e. The maximum atomic E-state index is 12.9. The molecule has 220 valence electrons. The Morgan fingerprint density at radius 1 is 1.10 bits per heavy atom. The van der Waals surface area contributed by atoms with Crippen LogP contribution in [0.2, 0.25) is 5.02 Å². The molecule has 1 N–H and O–H groups in total. The van der Waals surface area contributed by atoms with Crippen LogP contribution < -0.4 is 5.32 Å². The molecule has 1 atom stereocenters. The van der Waals surface area contributed by atoms with Gasteiger partial charge in [-0.3, -0.25) is 9.48 Å². The van der Waals surface area contributed by atoms with Crippen molar-refractivity contribution in [1.29, 1.82) is 0 Å². The van der Waals surface area contributed by atoms with Crippen molar-refractivity contribution in [2.45, 2.75) is 45.3 Å². The largest absolute Gasteiger partial charge is 0.447 e. The standard InChI is InChI=1S/C31H35ClN6O3S/c1-42(40)37-16-10-28-26(21-37)30(35-38(28)15-5-14-36-12-2-3-13-36)23-8-9-27(32)25(19-23)22-6-4-7-24(18-22)31(39)34-20-29-33-11-17-41-29/h4,6-9,11,17-19H,2-3,5,10,12-16,20-21H2,1H3,(H,34,39). The van der Waals surface area contributed by atoms with Crippen molar-refractivity contribution >= 4 is 28.5 Å². The van der Waals surface area contributed by atoms with Crippen molar-refractivity contribution < 1.29 is 13.4 Å². The molecule has 2 aromatic carbocycles. The quantitative estimate of drug-likeness (QED) is 0.275. The minimum atomic E-state index is -1.06. The molecule has 2 aromatic heterocycles. The highest BCUT2D eigenvalue weighted by Crippen LogP contribution is 2.36. The average molecular weight is 607 g/mol. The number of carbonyl (C=O) groups is 1. The summed E-state index contributed by atoms with van der Waals surface area (Å²) in [4.78, 5) is 19.4. The molecular weight excluding hydrogens is 572 g/mol. The first-order valence-corrected chi connectivity index (χ1v) is 16.3. The second-order valence-corrected chi connectivity index (χ2v) is 12.6. The normalized spacial score (nSPS) is 16.4. The molecular formula is C31H35ClN6O3S. The lowest BCUT2D eigenvalue weighted by molar-refractivity contribution is 0.0947. The Bertz CT molecular complexity index is 1580. The van der Waals surface area contributed by atoms with Gasteiger partial charge in [-0.25, -0.2) is 13.5 Å². The molecule has 9 nitrogen and oxygen atoms in total. The van der Waals surface area contributed by atoms with Crippen LogP contribution >= 0.6 is 11.6 Å². The number of aromatic nitrogens is 3. The van der Waals surface area contributed by atoms with E-state index in [9.17, 15) is 9.00 Å². The second kappa shape index (κ2) is 12.9.